The summed E-state index contributed by atoms with van der Waals surface area (Å²) in [6.07, 6.45) is 5.36. The fourth-order valence-corrected chi connectivity index (χ4v) is 2.74. The van der Waals surface area contributed by atoms with Gasteiger partial charge in [0.2, 0.25) is 0 Å². The lowest BCUT2D eigenvalue weighted by Gasteiger charge is -2.09. The third-order valence-electron chi connectivity index (χ3n) is 3.23. The maximum absolute atomic E-state index is 10.5. The Morgan fingerprint density at radius 3 is 2.55 bits per heavy atom. The van der Waals surface area contributed by atoms with Crippen molar-refractivity contribution in [3.8, 4) is 11.1 Å². The number of benzene rings is 2. The van der Waals surface area contributed by atoms with Crippen molar-refractivity contribution in [1.82, 2.24) is 0 Å². The maximum atomic E-state index is 10.5. The van der Waals surface area contributed by atoms with Crippen LogP contribution in [0.2, 0.25) is 10.0 Å². The van der Waals surface area contributed by atoms with Gasteiger partial charge < -0.3 is 5.11 Å². The van der Waals surface area contributed by atoms with Gasteiger partial charge in [0.05, 0.1) is 0 Å². The Hall–Kier alpha value is -1.77. The number of hydrogen-bond acceptors (Lipinski definition) is 1. The summed E-state index contributed by atoms with van der Waals surface area (Å²) in [5.41, 5.74) is 2.90. The van der Waals surface area contributed by atoms with Crippen LogP contribution in [-0.2, 0) is 4.79 Å². The number of carboxylic acids is 1. The normalized spacial score (nSPS) is 11.0. The quantitative estimate of drug-likeness (QED) is 0.665. The van der Waals surface area contributed by atoms with Crippen LogP contribution in [0.3, 0.4) is 0 Å². The van der Waals surface area contributed by atoms with Crippen molar-refractivity contribution in [2.24, 2.45) is 0 Å². The molecule has 0 atom stereocenters. The third-order valence-corrected chi connectivity index (χ3v) is 3.76. The first kappa shape index (κ1) is 16.6. The van der Waals surface area contributed by atoms with E-state index in [9.17, 15) is 4.79 Å². The van der Waals surface area contributed by atoms with Crippen molar-refractivity contribution in [2.45, 2.75) is 19.3 Å². The monoisotopic (exact) mass is 334 g/mol. The Balaban J connectivity index is 2.26. The summed E-state index contributed by atoms with van der Waals surface area (Å²) in [7, 11) is 0. The summed E-state index contributed by atoms with van der Waals surface area (Å²) in [6.45, 7) is 0. The predicted molar refractivity (Wildman–Crippen MR) is 92.4 cm³/mol. The lowest BCUT2D eigenvalue weighted by molar-refractivity contribution is -0.137. The largest absolute Gasteiger partial charge is 0.481 e. The third kappa shape index (κ3) is 4.62. The Morgan fingerprint density at radius 1 is 1.14 bits per heavy atom. The van der Waals surface area contributed by atoms with E-state index in [-0.39, 0.29) is 6.42 Å². The van der Waals surface area contributed by atoms with E-state index in [2.05, 4.69) is 0 Å². The van der Waals surface area contributed by atoms with E-state index in [0.717, 1.165) is 16.7 Å². The van der Waals surface area contributed by atoms with Gasteiger partial charge in [0.25, 0.3) is 0 Å². The second-order valence-electron chi connectivity index (χ2n) is 4.90. The van der Waals surface area contributed by atoms with Crippen LogP contribution in [0.1, 0.15) is 24.8 Å². The summed E-state index contributed by atoms with van der Waals surface area (Å²) >= 11 is 12.4. The van der Waals surface area contributed by atoms with E-state index in [1.54, 1.807) is 6.07 Å². The van der Waals surface area contributed by atoms with Gasteiger partial charge in [0.1, 0.15) is 0 Å². The van der Waals surface area contributed by atoms with E-state index in [4.69, 9.17) is 28.3 Å². The number of carbonyl (C=O) groups is 1. The molecule has 0 aliphatic rings. The van der Waals surface area contributed by atoms with Crippen molar-refractivity contribution in [3.63, 3.8) is 0 Å². The van der Waals surface area contributed by atoms with Crippen LogP contribution < -0.4 is 0 Å². The SMILES string of the molecule is O=C(O)CCC/C=C/c1c(Cl)cc(Cl)cc1-c1ccccc1. The lowest BCUT2D eigenvalue weighted by Crippen LogP contribution is -1.92. The molecule has 4 heteroatoms. The maximum Gasteiger partial charge on any atom is 0.303 e. The molecule has 0 radical (unpaired) electrons. The molecule has 1 N–H and O–H groups in total. The van der Waals surface area contributed by atoms with Crippen molar-refractivity contribution in [2.75, 3.05) is 0 Å². The molecule has 0 heterocycles. The minimum atomic E-state index is -0.775. The van der Waals surface area contributed by atoms with Crippen LogP contribution in [0.4, 0.5) is 0 Å². The summed E-state index contributed by atoms with van der Waals surface area (Å²) in [5, 5.41) is 9.81. The molecule has 2 aromatic carbocycles. The molecule has 0 amide bonds. The van der Waals surface area contributed by atoms with E-state index in [0.29, 0.717) is 22.9 Å². The van der Waals surface area contributed by atoms with Gasteiger partial charge in [-0.05, 0) is 36.1 Å². The second-order valence-corrected chi connectivity index (χ2v) is 5.75. The van der Waals surface area contributed by atoms with Crippen LogP contribution >= 0.6 is 23.2 Å². The lowest BCUT2D eigenvalue weighted by atomic mass is 9.99. The standard InChI is InChI=1S/C18H16Cl2O2/c19-14-11-16(13-7-3-1-4-8-13)15(17(20)12-14)9-5-2-6-10-18(21)22/h1,3-5,7-9,11-12H,2,6,10H2,(H,21,22)/b9-5+. The molecule has 0 bridgehead atoms. The van der Waals surface area contributed by atoms with Gasteiger partial charge in [0.15, 0.2) is 0 Å². The fraction of sp³-hybridized carbons (Fsp3) is 0.167. The molecule has 0 fully saturated rings. The Morgan fingerprint density at radius 2 is 1.86 bits per heavy atom. The highest BCUT2D eigenvalue weighted by atomic mass is 35.5. The molecule has 2 aromatic rings. The molecule has 0 saturated carbocycles. The van der Waals surface area contributed by atoms with E-state index in [1.807, 2.05) is 48.6 Å². The van der Waals surface area contributed by atoms with Gasteiger partial charge in [-0.1, -0.05) is 65.7 Å². The molecule has 0 aliphatic heterocycles. The molecule has 114 valence electrons. The Bertz CT molecular complexity index is 679. The number of aliphatic carboxylic acids is 1. The number of carboxylic acid groups (broad SMARTS) is 1. The zero-order valence-electron chi connectivity index (χ0n) is 11.9. The average molecular weight is 335 g/mol. The van der Waals surface area contributed by atoms with Crippen molar-refractivity contribution in [1.29, 1.82) is 0 Å². The van der Waals surface area contributed by atoms with Crippen LogP contribution in [0.15, 0.2) is 48.5 Å². The van der Waals surface area contributed by atoms with Gasteiger partial charge in [-0.3, -0.25) is 4.79 Å². The highest BCUT2D eigenvalue weighted by Crippen LogP contribution is 2.33. The Labute approximate surface area is 140 Å². The summed E-state index contributed by atoms with van der Waals surface area (Å²) < 4.78 is 0. The molecule has 0 aliphatic carbocycles. The van der Waals surface area contributed by atoms with Crippen molar-refractivity contribution in [3.05, 3.63) is 64.1 Å². The number of halogens is 2. The zero-order valence-corrected chi connectivity index (χ0v) is 13.4. The van der Waals surface area contributed by atoms with Gasteiger partial charge >= 0.3 is 5.97 Å². The fourth-order valence-electron chi connectivity index (χ4n) is 2.18. The summed E-state index contributed by atoms with van der Waals surface area (Å²) in [4.78, 5) is 10.5. The van der Waals surface area contributed by atoms with E-state index in [1.165, 1.54) is 0 Å². The van der Waals surface area contributed by atoms with Crippen LogP contribution in [-0.4, -0.2) is 11.1 Å². The van der Waals surface area contributed by atoms with Crippen LogP contribution in [0.5, 0.6) is 0 Å². The van der Waals surface area contributed by atoms with Gasteiger partial charge in [0, 0.05) is 22.0 Å². The molecule has 0 spiro atoms. The smallest absolute Gasteiger partial charge is 0.303 e. The highest BCUT2D eigenvalue weighted by molar-refractivity contribution is 6.36. The first-order valence-electron chi connectivity index (χ1n) is 7.00. The number of unbranched alkanes of at least 4 members (excludes halogenated alkanes) is 1. The second kappa shape index (κ2) is 8.02. The summed E-state index contributed by atoms with van der Waals surface area (Å²) in [6, 6.07) is 13.5. The van der Waals surface area contributed by atoms with Crippen molar-refractivity contribution >= 4 is 35.2 Å². The molecule has 2 rings (SSSR count). The van der Waals surface area contributed by atoms with E-state index < -0.39 is 5.97 Å². The molecule has 22 heavy (non-hydrogen) atoms. The topological polar surface area (TPSA) is 37.3 Å². The molecule has 0 saturated heterocycles. The zero-order chi connectivity index (χ0) is 15.9. The van der Waals surface area contributed by atoms with Gasteiger partial charge in [-0.15, -0.1) is 0 Å². The van der Waals surface area contributed by atoms with Crippen molar-refractivity contribution < 1.29 is 9.90 Å². The number of allylic oxidation sites excluding steroid dienone is 1. The van der Waals surface area contributed by atoms with Gasteiger partial charge in [-0.2, -0.15) is 0 Å². The average Bonchev–Trinajstić information content (AvgIpc) is 2.49. The predicted octanol–water partition coefficient (Wildman–Crippen LogP) is 5.93. The molecule has 0 unspecified atom stereocenters. The molecule has 2 nitrogen and oxygen atoms in total. The number of rotatable bonds is 6. The first-order valence-corrected chi connectivity index (χ1v) is 7.76. The summed E-state index contributed by atoms with van der Waals surface area (Å²) in [5.74, 6) is -0.775. The molecule has 0 aromatic heterocycles. The molecular weight excluding hydrogens is 319 g/mol. The van der Waals surface area contributed by atoms with Gasteiger partial charge in [-0.25, -0.2) is 0 Å². The molecular formula is C18H16Cl2O2. The highest BCUT2D eigenvalue weighted by Gasteiger charge is 2.08. The van der Waals surface area contributed by atoms with Crippen LogP contribution in [0, 0.1) is 0 Å². The number of hydrogen-bond donors (Lipinski definition) is 1. The van der Waals surface area contributed by atoms with Crippen LogP contribution in [0.25, 0.3) is 17.2 Å². The van der Waals surface area contributed by atoms with E-state index >= 15 is 0 Å². The Kier molecular flexibility index (Phi) is 6.05. The minimum Gasteiger partial charge on any atom is -0.481 e. The minimum absolute atomic E-state index is 0.171. The first-order chi connectivity index (χ1) is 10.6.